The van der Waals surface area contributed by atoms with E-state index < -0.39 is 0 Å². The fraction of sp³-hybridized carbons (Fsp3) is 0.600. The molecular formula is C15H23BrN2O. The summed E-state index contributed by atoms with van der Waals surface area (Å²) < 4.78 is 6.61. The van der Waals surface area contributed by atoms with Gasteiger partial charge in [0.1, 0.15) is 5.75 Å². The summed E-state index contributed by atoms with van der Waals surface area (Å²) in [6.45, 7) is 7.75. The van der Waals surface area contributed by atoms with Crippen molar-refractivity contribution >= 4 is 21.6 Å². The van der Waals surface area contributed by atoms with Gasteiger partial charge in [-0.1, -0.05) is 29.8 Å². The molecule has 1 N–H and O–H groups in total. The molecule has 1 saturated heterocycles. The van der Waals surface area contributed by atoms with Crippen molar-refractivity contribution in [2.45, 2.75) is 26.3 Å². The zero-order valence-corrected chi connectivity index (χ0v) is 13.5. The lowest BCUT2D eigenvalue weighted by Gasteiger charge is -2.29. The zero-order valence-electron chi connectivity index (χ0n) is 11.9. The van der Waals surface area contributed by atoms with Gasteiger partial charge in [-0.05, 0) is 37.1 Å². The second-order valence-corrected chi connectivity index (χ2v) is 6.34. The van der Waals surface area contributed by atoms with Crippen LogP contribution in [0.15, 0.2) is 22.7 Å². The molecule has 1 heterocycles. The molecule has 0 radical (unpaired) electrons. The van der Waals surface area contributed by atoms with Crippen LogP contribution in [0.3, 0.4) is 0 Å². The normalized spacial score (nSPS) is 20.5. The average Bonchev–Trinajstić information content (AvgIpc) is 2.64. The minimum atomic E-state index is 0.534. The van der Waals surface area contributed by atoms with Gasteiger partial charge in [0, 0.05) is 23.6 Å². The van der Waals surface area contributed by atoms with Crippen LogP contribution in [0.4, 0.5) is 5.69 Å². The number of nitrogens with zero attached hydrogens (tertiary/aromatic N) is 1. The molecule has 1 unspecified atom stereocenters. The molecule has 4 heteroatoms. The number of nitrogens with one attached hydrogen (secondary N) is 1. The fourth-order valence-electron chi connectivity index (χ4n) is 2.53. The highest BCUT2D eigenvalue weighted by Crippen LogP contribution is 2.32. The number of benzene rings is 1. The van der Waals surface area contributed by atoms with E-state index in [-0.39, 0.29) is 0 Å². The van der Waals surface area contributed by atoms with E-state index in [2.05, 4.69) is 46.1 Å². The maximum atomic E-state index is 5.51. The first-order valence-electron chi connectivity index (χ1n) is 6.93. The number of hydrogen-bond acceptors (Lipinski definition) is 3. The van der Waals surface area contributed by atoms with Crippen LogP contribution in [0.1, 0.15) is 20.3 Å². The van der Waals surface area contributed by atoms with Crippen molar-refractivity contribution in [3.63, 3.8) is 0 Å². The lowest BCUT2D eigenvalue weighted by atomic mass is 10.0. The molecule has 0 bridgehead atoms. The second kappa shape index (κ2) is 6.62. The summed E-state index contributed by atoms with van der Waals surface area (Å²) in [6.07, 6.45) is 1.17. The van der Waals surface area contributed by atoms with Gasteiger partial charge in [0.05, 0.1) is 12.8 Å². The number of anilines is 1. The van der Waals surface area contributed by atoms with E-state index >= 15 is 0 Å². The largest absolute Gasteiger partial charge is 0.495 e. The Morgan fingerprint density at radius 3 is 2.89 bits per heavy atom. The summed E-state index contributed by atoms with van der Waals surface area (Å²) in [5.41, 5.74) is 1.19. The van der Waals surface area contributed by atoms with Gasteiger partial charge in [-0.2, -0.15) is 0 Å². The van der Waals surface area contributed by atoms with Crippen molar-refractivity contribution in [3.05, 3.63) is 22.7 Å². The third kappa shape index (κ3) is 3.63. The molecule has 0 aliphatic carbocycles. The Bertz CT molecular complexity index is 423. The zero-order chi connectivity index (χ0) is 13.8. The van der Waals surface area contributed by atoms with E-state index in [0.717, 1.165) is 29.9 Å². The summed E-state index contributed by atoms with van der Waals surface area (Å²) in [5, 5.41) is 3.64. The van der Waals surface area contributed by atoms with Gasteiger partial charge in [-0.25, -0.2) is 0 Å². The first-order valence-corrected chi connectivity index (χ1v) is 7.73. The topological polar surface area (TPSA) is 24.5 Å². The number of hydrogen-bond donors (Lipinski definition) is 1. The molecule has 19 heavy (non-hydrogen) atoms. The van der Waals surface area contributed by atoms with Crippen molar-refractivity contribution in [2.24, 2.45) is 5.92 Å². The first-order chi connectivity index (χ1) is 9.11. The maximum absolute atomic E-state index is 5.51. The number of methoxy groups -OCH3 is 1. The lowest BCUT2D eigenvalue weighted by molar-refractivity contribution is 0.406. The first kappa shape index (κ1) is 14.7. The Hall–Kier alpha value is -0.740. The van der Waals surface area contributed by atoms with Crippen molar-refractivity contribution < 1.29 is 4.74 Å². The smallest absolute Gasteiger partial charge is 0.142 e. The van der Waals surface area contributed by atoms with Gasteiger partial charge in [-0.3, -0.25) is 0 Å². The van der Waals surface area contributed by atoms with Crippen LogP contribution in [-0.4, -0.2) is 32.8 Å². The Labute approximate surface area is 124 Å². The molecule has 2 rings (SSSR count). The number of rotatable bonds is 3. The van der Waals surface area contributed by atoms with Gasteiger partial charge in [-0.15, -0.1) is 0 Å². The van der Waals surface area contributed by atoms with Crippen LogP contribution in [-0.2, 0) is 0 Å². The van der Waals surface area contributed by atoms with E-state index in [4.69, 9.17) is 4.74 Å². The predicted molar refractivity (Wildman–Crippen MR) is 84.2 cm³/mol. The maximum Gasteiger partial charge on any atom is 0.142 e. The SMILES string of the molecule is COc1ccc(Br)cc1N1CCCNC(C(C)C)C1. The quantitative estimate of drug-likeness (QED) is 0.922. The molecule has 3 nitrogen and oxygen atoms in total. The molecule has 0 aromatic heterocycles. The van der Waals surface area contributed by atoms with Crippen LogP contribution in [0.25, 0.3) is 0 Å². The molecule has 1 aliphatic heterocycles. The van der Waals surface area contributed by atoms with Crippen molar-refractivity contribution in [1.29, 1.82) is 0 Å². The molecule has 1 atom stereocenters. The molecular weight excluding hydrogens is 304 g/mol. The van der Waals surface area contributed by atoms with Crippen LogP contribution in [0.2, 0.25) is 0 Å². The molecule has 0 amide bonds. The van der Waals surface area contributed by atoms with E-state index in [9.17, 15) is 0 Å². The molecule has 1 fully saturated rings. The second-order valence-electron chi connectivity index (χ2n) is 5.42. The molecule has 1 aromatic carbocycles. The van der Waals surface area contributed by atoms with E-state index in [1.807, 2.05) is 12.1 Å². The highest BCUT2D eigenvalue weighted by molar-refractivity contribution is 9.10. The van der Waals surface area contributed by atoms with Crippen LogP contribution in [0.5, 0.6) is 5.75 Å². The summed E-state index contributed by atoms with van der Waals surface area (Å²) >= 11 is 3.56. The third-order valence-electron chi connectivity index (χ3n) is 3.71. The van der Waals surface area contributed by atoms with Crippen molar-refractivity contribution in [3.8, 4) is 5.75 Å². The third-order valence-corrected chi connectivity index (χ3v) is 4.21. The number of halogens is 1. The summed E-state index contributed by atoms with van der Waals surface area (Å²) in [7, 11) is 1.74. The Morgan fingerprint density at radius 2 is 2.21 bits per heavy atom. The molecule has 0 spiro atoms. The Kier molecular flexibility index (Phi) is 5.11. The fourth-order valence-corrected chi connectivity index (χ4v) is 2.88. The van der Waals surface area contributed by atoms with Gasteiger partial charge in [0.2, 0.25) is 0 Å². The Balaban J connectivity index is 2.25. The Morgan fingerprint density at radius 1 is 1.42 bits per heavy atom. The highest BCUT2D eigenvalue weighted by atomic mass is 79.9. The van der Waals surface area contributed by atoms with Gasteiger partial charge < -0.3 is 15.0 Å². The van der Waals surface area contributed by atoms with Crippen LogP contribution >= 0.6 is 15.9 Å². The lowest BCUT2D eigenvalue weighted by Crippen LogP contribution is -2.41. The molecule has 0 saturated carbocycles. The minimum Gasteiger partial charge on any atom is -0.495 e. The van der Waals surface area contributed by atoms with Crippen molar-refractivity contribution in [2.75, 3.05) is 31.6 Å². The summed E-state index contributed by atoms with van der Waals surface area (Å²) in [4.78, 5) is 2.44. The highest BCUT2D eigenvalue weighted by Gasteiger charge is 2.22. The number of ether oxygens (including phenoxy) is 1. The molecule has 1 aliphatic rings. The van der Waals surface area contributed by atoms with Crippen molar-refractivity contribution in [1.82, 2.24) is 5.32 Å². The van der Waals surface area contributed by atoms with Crippen LogP contribution in [0, 0.1) is 5.92 Å². The standard InChI is InChI=1S/C15H23BrN2O/c1-11(2)13-10-18(8-4-7-17-13)14-9-12(16)5-6-15(14)19-3/h5-6,9,11,13,17H,4,7-8,10H2,1-3H3. The summed E-state index contributed by atoms with van der Waals surface area (Å²) in [6, 6.07) is 6.74. The van der Waals surface area contributed by atoms with Crippen LogP contribution < -0.4 is 15.0 Å². The predicted octanol–water partition coefficient (Wildman–Crippen LogP) is 3.28. The van der Waals surface area contributed by atoms with Gasteiger partial charge in [0.15, 0.2) is 0 Å². The van der Waals surface area contributed by atoms with E-state index in [0.29, 0.717) is 12.0 Å². The van der Waals surface area contributed by atoms with Gasteiger partial charge in [0.25, 0.3) is 0 Å². The van der Waals surface area contributed by atoms with E-state index in [1.54, 1.807) is 7.11 Å². The average molecular weight is 327 g/mol. The minimum absolute atomic E-state index is 0.534. The van der Waals surface area contributed by atoms with E-state index in [1.165, 1.54) is 12.1 Å². The molecule has 106 valence electrons. The molecule has 1 aromatic rings. The van der Waals surface area contributed by atoms with Gasteiger partial charge >= 0.3 is 0 Å². The monoisotopic (exact) mass is 326 g/mol. The summed E-state index contributed by atoms with van der Waals surface area (Å²) in [5.74, 6) is 1.59.